The second-order valence-corrected chi connectivity index (χ2v) is 4.03. The molecule has 1 nitrogen and oxygen atoms in total. The third kappa shape index (κ3) is 3.25. The molecule has 13 heavy (non-hydrogen) atoms. The molecule has 0 aromatic heterocycles. The lowest BCUT2D eigenvalue weighted by Gasteiger charge is -2.24. The Morgan fingerprint density at radius 1 is 1.62 bits per heavy atom. The summed E-state index contributed by atoms with van der Waals surface area (Å²) in [7, 11) is 1.74. The molecule has 1 rings (SSSR count). The molecule has 0 spiro atoms. The molecule has 0 aromatic rings. The highest BCUT2D eigenvalue weighted by Gasteiger charge is 2.18. The number of hydrogen-bond acceptors (Lipinski definition) is 1. The van der Waals surface area contributed by atoms with Gasteiger partial charge in [-0.05, 0) is 44.1 Å². The Morgan fingerprint density at radius 2 is 2.38 bits per heavy atom. The monoisotopic (exact) mass is 180 g/mol. The highest BCUT2D eigenvalue weighted by Crippen LogP contribution is 2.33. The summed E-state index contributed by atoms with van der Waals surface area (Å²) in [6.45, 7) is 6.09. The molecule has 0 saturated heterocycles. The minimum absolute atomic E-state index is 0.700. The minimum Gasteiger partial charge on any atom is -0.504 e. The third-order valence-corrected chi connectivity index (χ3v) is 2.66. The standard InChI is InChI=1S/C12H20O/c1-10(2)8-11-6-4-5-7-12(11)9-13-3/h9,11H,1,4-8H2,2-3H3/b12-9+. The van der Waals surface area contributed by atoms with Crippen molar-refractivity contribution in [2.24, 2.45) is 5.92 Å². The molecular formula is C12H20O. The van der Waals surface area contributed by atoms with Crippen LogP contribution in [0, 0.1) is 5.92 Å². The maximum absolute atomic E-state index is 5.10. The van der Waals surface area contributed by atoms with Gasteiger partial charge in [-0.15, -0.1) is 6.58 Å². The third-order valence-electron chi connectivity index (χ3n) is 2.66. The van der Waals surface area contributed by atoms with E-state index in [1.165, 1.54) is 36.8 Å². The zero-order valence-electron chi connectivity index (χ0n) is 8.81. The largest absolute Gasteiger partial charge is 0.504 e. The van der Waals surface area contributed by atoms with E-state index in [0.29, 0.717) is 5.92 Å². The lowest BCUT2D eigenvalue weighted by molar-refractivity contribution is 0.317. The fraction of sp³-hybridized carbons (Fsp3) is 0.667. The molecule has 0 heterocycles. The van der Waals surface area contributed by atoms with Gasteiger partial charge in [0.25, 0.3) is 0 Å². The van der Waals surface area contributed by atoms with E-state index in [-0.39, 0.29) is 0 Å². The summed E-state index contributed by atoms with van der Waals surface area (Å²) in [5.74, 6) is 0.700. The van der Waals surface area contributed by atoms with Crippen molar-refractivity contribution in [1.29, 1.82) is 0 Å². The first-order valence-electron chi connectivity index (χ1n) is 5.10. The highest BCUT2D eigenvalue weighted by atomic mass is 16.5. The molecule has 1 atom stereocenters. The van der Waals surface area contributed by atoms with Crippen molar-refractivity contribution in [1.82, 2.24) is 0 Å². The summed E-state index contributed by atoms with van der Waals surface area (Å²) in [5, 5.41) is 0. The van der Waals surface area contributed by atoms with Crippen LogP contribution in [0.2, 0.25) is 0 Å². The van der Waals surface area contributed by atoms with Crippen LogP contribution in [-0.4, -0.2) is 7.11 Å². The second-order valence-electron chi connectivity index (χ2n) is 4.03. The van der Waals surface area contributed by atoms with Gasteiger partial charge in [-0.1, -0.05) is 12.0 Å². The van der Waals surface area contributed by atoms with Crippen molar-refractivity contribution in [3.63, 3.8) is 0 Å². The maximum Gasteiger partial charge on any atom is 0.0819 e. The Balaban J connectivity index is 2.56. The molecular weight excluding hydrogens is 160 g/mol. The van der Waals surface area contributed by atoms with E-state index in [0.717, 1.165) is 6.42 Å². The Hall–Kier alpha value is -0.720. The molecule has 1 saturated carbocycles. The Morgan fingerprint density at radius 3 is 3.00 bits per heavy atom. The smallest absolute Gasteiger partial charge is 0.0819 e. The van der Waals surface area contributed by atoms with E-state index in [1.54, 1.807) is 7.11 Å². The molecule has 1 fully saturated rings. The van der Waals surface area contributed by atoms with Gasteiger partial charge in [0, 0.05) is 0 Å². The summed E-state index contributed by atoms with van der Waals surface area (Å²) in [6, 6.07) is 0. The zero-order valence-corrected chi connectivity index (χ0v) is 8.81. The average molecular weight is 180 g/mol. The van der Waals surface area contributed by atoms with Gasteiger partial charge in [-0.25, -0.2) is 0 Å². The van der Waals surface area contributed by atoms with Crippen molar-refractivity contribution in [3.05, 3.63) is 24.0 Å². The molecule has 1 aliphatic carbocycles. The van der Waals surface area contributed by atoms with Crippen LogP contribution in [0.3, 0.4) is 0 Å². The first-order chi connectivity index (χ1) is 6.24. The number of hydrogen-bond donors (Lipinski definition) is 0. The minimum atomic E-state index is 0.700. The second kappa shape index (κ2) is 5.11. The predicted molar refractivity (Wildman–Crippen MR) is 56.5 cm³/mol. The van der Waals surface area contributed by atoms with E-state index in [1.807, 2.05) is 6.26 Å². The summed E-state index contributed by atoms with van der Waals surface area (Å²) in [6.07, 6.45) is 8.27. The number of rotatable bonds is 3. The van der Waals surface area contributed by atoms with E-state index in [4.69, 9.17) is 4.74 Å². The highest BCUT2D eigenvalue weighted by molar-refractivity contribution is 5.10. The predicted octanol–water partition coefficient (Wildman–Crippen LogP) is 3.67. The first kappa shape index (κ1) is 10.4. The lowest BCUT2D eigenvalue weighted by atomic mass is 9.81. The Labute approximate surface area is 81.5 Å². The molecule has 74 valence electrons. The van der Waals surface area contributed by atoms with Gasteiger partial charge in [0.05, 0.1) is 13.4 Å². The SMILES string of the molecule is C=C(C)CC1CCCC/C1=C\OC. The molecule has 0 bridgehead atoms. The van der Waals surface area contributed by atoms with E-state index >= 15 is 0 Å². The summed E-state index contributed by atoms with van der Waals surface area (Å²) in [4.78, 5) is 0. The van der Waals surface area contributed by atoms with Gasteiger partial charge in [0.1, 0.15) is 0 Å². The molecule has 1 unspecified atom stereocenters. The molecule has 0 radical (unpaired) electrons. The topological polar surface area (TPSA) is 9.23 Å². The van der Waals surface area contributed by atoms with Gasteiger partial charge in [0.2, 0.25) is 0 Å². The van der Waals surface area contributed by atoms with Crippen LogP contribution in [0.25, 0.3) is 0 Å². The van der Waals surface area contributed by atoms with Crippen LogP contribution in [0.15, 0.2) is 24.0 Å². The summed E-state index contributed by atoms with van der Waals surface area (Å²) in [5.41, 5.74) is 2.77. The van der Waals surface area contributed by atoms with E-state index in [2.05, 4.69) is 13.5 Å². The van der Waals surface area contributed by atoms with Crippen molar-refractivity contribution >= 4 is 0 Å². The van der Waals surface area contributed by atoms with E-state index < -0.39 is 0 Å². The fourth-order valence-electron chi connectivity index (χ4n) is 2.07. The van der Waals surface area contributed by atoms with Crippen molar-refractivity contribution in [2.45, 2.75) is 39.0 Å². The Kier molecular flexibility index (Phi) is 4.07. The molecule has 0 aromatic carbocycles. The van der Waals surface area contributed by atoms with Gasteiger partial charge in [0.15, 0.2) is 0 Å². The average Bonchev–Trinajstić information content (AvgIpc) is 2.08. The van der Waals surface area contributed by atoms with Crippen LogP contribution in [-0.2, 0) is 4.74 Å². The van der Waals surface area contributed by atoms with Crippen LogP contribution >= 0.6 is 0 Å². The Bertz CT molecular complexity index is 203. The van der Waals surface area contributed by atoms with Gasteiger partial charge >= 0.3 is 0 Å². The van der Waals surface area contributed by atoms with Gasteiger partial charge in [-0.2, -0.15) is 0 Å². The summed E-state index contributed by atoms with van der Waals surface area (Å²) >= 11 is 0. The van der Waals surface area contributed by atoms with Crippen molar-refractivity contribution in [3.8, 4) is 0 Å². The van der Waals surface area contributed by atoms with E-state index in [9.17, 15) is 0 Å². The van der Waals surface area contributed by atoms with Crippen LogP contribution in [0.4, 0.5) is 0 Å². The molecule has 1 aliphatic rings. The van der Waals surface area contributed by atoms with Crippen molar-refractivity contribution < 1.29 is 4.74 Å². The van der Waals surface area contributed by atoms with Gasteiger partial charge < -0.3 is 4.74 Å². The quantitative estimate of drug-likeness (QED) is 0.475. The molecule has 0 amide bonds. The van der Waals surface area contributed by atoms with Crippen LogP contribution in [0.5, 0.6) is 0 Å². The maximum atomic E-state index is 5.10. The zero-order chi connectivity index (χ0) is 9.68. The fourth-order valence-corrected chi connectivity index (χ4v) is 2.07. The number of allylic oxidation sites excluding steroid dienone is 2. The number of methoxy groups -OCH3 is 1. The lowest BCUT2D eigenvalue weighted by Crippen LogP contribution is -2.10. The number of ether oxygens (including phenoxy) is 1. The first-order valence-corrected chi connectivity index (χ1v) is 5.10. The van der Waals surface area contributed by atoms with Crippen LogP contribution in [0.1, 0.15) is 39.0 Å². The molecule has 0 N–H and O–H groups in total. The van der Waals surface area contributed by atoms with Crippen LogP contribution < -0.4 is 0 Å². The summed E-state index contributed by atoms with van der Waals surface area (Å²) < 4.78 is 5.10. The normalized spacial score (nSPS) is 26.0. The molecule has 1 heteroatoms. The molecule has 0 aliphatic heterocycles. The van der Waals surface area contributed by atoms with Gasteiger partial charge in [-0.3, -0.25) is 0 Å². The van der Waals surface area contributed by atoms with Crippen molar-refractivity contribution in [2.75, 3.05) is 7.11 Å².